The third kappa shape index (κ3) is 2.48. The minimum atomic E-state index is -0.346. The van der Waals surface area contributed by atoms with Crippen molar-refractivity contribution in [2.75, 3.05) is 5.32 Å². The molecule has 2 aromatic heterocycles. The van der Waals surface area contributed by atoms with Gasteiger partial charge in [-0.2, -0.15) is 5.10 Å². The van der Waals surface area contributed by atoms with Crippen molar-refractivity contribution in [1.29, 1.82) is 0 Å². The van der Waals surface area contributed by atoms with Crippen LogP contribution in [0.5, 0.6) is 0 Å². The molecule has 0 fully saturated rings. The third-order valence-corrected chi connectivity index (χ3v) is 2.62. The molecule has 0 aliphatic heterocycles. The van der Waals surface area contributed by atoms with E-state index in [0.29, 0.717) is 11.4 Å². The fourth-order valence-corrected chi connectivity index (χ4v) is 1.49. The molecule has 2 rings (SSSR count). The molecule has 0 spiro atoms. The molecule has 0 saturated heterocycles. The Labute approximate surface area is 104 Å². The molecule has 2 aromatic rings. The number of H-pyrrole nitrogens is 1. The number of nitrogens with one attached hydrogen (secondary N) is 2. The molecule has 0 aliphatic rings. The Hall–Kier alpha value is -2.37. The smallest absolute Gasteiger partial charge is 0.257 e. The summed E-state index contributed by atoms with van der Waals surface area (Å²) in [5.74, 6) is 0.111. The number of aryl methyl sites for hydroxylation is 2. The molecule has 94 valence electrons. The first-order valence-electron chi connectivity index (χ1n) is 5.62. The van der Waals surface area contributed by atoms with Crippen LogP contribution >= 0.6 is 0 Å². The van der Waals surface area contributed by atoms with Crippen LogP contribution in [0.4, 0.5) is 5.82 Å². The monoisotopic (exact) mass is 246 g/mol. The van der Waals surface area contributed by atoms with Crippen molar-refractivity contribution in [2.24, 2.45) is 7.05 Å². The number of hydrogen-bond acceptors (Lipinski definition) is 3. The van der Waals surface area contributed by atoms with E-state index in [0.717, 1.165) is 12.1 Å². The summed E-state index contributed by atoms with van der Waals surface area (Å²) >= 11 is 0. The molecule has 0 atom stereocenters. The predicted molar refractivity (Wildman–Crippen MR) is 67.6 cm³/mol. The fraction of sp³-hybridized carbons (Fsp3) is 0.250. The first kappa shape index (κ1) is 12.1. The van der Waals surface area contributed by atoms with E-state index >= 15 is 0 Å². The average Bonchev–Trinajstić information content (AvgIpc) is 2.80. The summed E-state index contributed by atoms with van der Waals surface area (Å²) in [4.78, 5) is 23.3. The molecule has 0 saturated carbocycles. The molecule has 0 aliphatic carbocycles. The van der Waals surface area contributed by atoms with Gasteiger partial charge in [0.05, 0.1) is 0 Å². The van der Waals surface area contributed by atoms with E-state index in [1.165, 1.54) is 10.6 Å². The Kier molecular flexibility index (Phi) is 3.27. The Morgan fingerprint density at radius 2 is 2.28 bits per heavy atom. The number of pyridine rings is 1. The highest BCUT2D eigenvalue weighted by atomic mass is 16.2. The lowest BCUT2D eigenvalue weighted by Gasteiger charge is -2.02. The number of aromatic amines is 1. The maximum Gasteiger partial charge on any atom is 0.257 e. The topological polar surface area (TPSA) is 79.8 Å². The second-order valence-corrected chi connectivity index (χ2v) is 3.95. The van der Waals surface area contributed by atoms with Gasteiger partial charge in [0.1, 0.15) is 0 Å². The maximum atomic E-state index is 11.9. The normalized spacial score (nSPS) is 10.3. The Balaban J connectivity index is 2.16. The van der Waals surface area contributed by atoms with Crippen LogP contribution in [0.25, 0.3) is 0 Å². The van der Waals surface area contributed by atoms with Crippen LogP contribution in [0.2, 0.25) is 0 Å². The van der Waals surface area contributed by atoms with Gasteiger partial charge in [-0.3, -0.25) is 14.7 Å². The van der Waals surface area contributed by atoms with Gasteiger partial charge in [-0.15, -0.1) is 0 Å². The van der Waals surface area contributed by atoms with Gasteiger partial charge in [-0.1, -0.05) is 6.92 Å². The van der Waals surface area contributed by atoms with Gasteiger partial charge >= 0.3 is 0 Å². The molecule has 2 heterocycles. The molecule has 0 unspecified atom stereocenters. The maximum absolute atomic E-state index is 11.9. The number of amides is 1. The summed E-state index contributed by atoms with van der Waals surface area (Å²) in [6.07, 6.45) is 2.37. The number of carbonyl (C=O) groups is 1. The summed E-state index contributed by atoms with van der Waals surface area (Å²) in [6.45, 7) is 1.99. The standard InChI is InChI=1S/C12H14N4O2/c1-3-9-7-10(15-14-9)13-12(18)8-4-5-16(2)11(17)6-8/h4-7H,3H2,1-2H3,(H2,13,14,15,18). The van der Waals surface area contributed by atoms with E-state index in [1.54, 1.807) is 25.4 Å². The third-order valence-electron chi connectivity index (χ3n) is 2.62. The Bertz CT molecular complexity index is 627. The van der Waals surface area contributed by atoms with Crippen molar-refractivity contribution < 1.29 is 4.79 Å². The lowest BCUT2D eigenvalue weighted by molar-refractivity contribution is 0.102. The number of hydrogen-bond donors (Lipinski definition) is 2. The predicted octanol–water partition coefficient (Wildman–Crippen LogP) is 0.923. The summed E-state index contributed by atoms with van der Waals surface area (Å²) in [6, 6.07) is 4.64. The van der Waals surface area contributed by atoms with Gasteiger partial charge < -0.3 is 9.88 Å². The quantitative estimate of drug-likeness (QED) is 0.845. The molecule has 1 amide bonds. The second kappa shape index (κ2) is 4.87. The van der Waals surface area contributed by atoms with E-state index in [4.69, 9.17) is 0 Å². The fourth-order valence-electron chi connectivity index (χ4n) is 1.49. The summed E-state index contributed by atoms with van der Waals surface area (Å²) in [7, 11) is 1.63. The van der Waals surface area contributed by atoms with Crippen molar-refractivity contribution >= 4 is 11.7 Å². The highest BCUT2D eigenvalue weighted by Crippen LogP contribution is 2.07. The van der Waals surface area contributed by atoms with Crippen molar-refractivity contribution in [3.8, 4) is 0 Å². The van der Waals surface area contributed by atoms with Gasteiger partial charge in [-0.25, -0.2) is 0 Å². The number of anilines is 1. The van der Waals surface area contributed by atoms with Crippen molar-refractivity contribution in [1.82, 2.24) is 14.8 Å². The van der Waals surface area contributed by atoms with Crippen LogP contribution in [0.1, 0.15) is 23.0 Å². The largest absolute Gasteiger partial charge is 0.319 e. The van der Waals surface area contributed by atoms with Crippen LogP contribution in [-0.2, 0) is 13.5 Å². The Morgan fingerprint density at radius 1 is 1.50 bits per heavy atom. The SMILES string of the molecule is CCc1cc(NC(=O)c2ccn(C)c(=O)c2)n[nH]1. The van der Waals surface area contributed by atoms with Crippen molar-refractivity contribution in [3.05, 3.63) is 46.0 Å². The highest BCUT2D eigenvalue weighted by Gasteiger charge is 2.09. The molecule has 0 aromatic carbocycles. The van der Waals surface area contributed by atoms with E-state index in [1.807, 2.05) is 6.92 Å². The number of rotatable bonds is 3. The van der Waals surface area contributed by atoms with Crippen molar-refractivity contribution in [3.63, 3.8) is 0 Å². The van der Waals surface area contributed by atoms with Gasteiger partial charge in [0, 0.05) is 36.6 Å². The molecule has 0 bridgehead atoms. The summed E-state index contributed by atoms with van der Waals surface area (Å²) < 4.78 is 1.40. The first-order chi connectivity index (χ1) is 8.60. The van der Waals surface area contributed by atoms with Gasteiger partial charge in [0.15, 0.2) is 5.82 Å². The zero-order chi connectivity index (χ0) is 13.1. The zero-order valence-electron chi connectivity index (χ0n) is 10.2. The van der Waals surface area contributed by atoms with Gasteiger partial charge in [0.25, 0.3) is 11.5 Å². The number of nitrogens with zero attached hydrogens (tertiary/aromatic N) is 2. The second-order valence-electron chi connectivity index (χ2n) is 3.95. The van der Waals surface area contributed by atoms with Crippen LogP contribution in [0.3, 0.4) is 0 Å². The molecular weight excluding hydrogens is 232 g/mol. The highest BCUT2D eigenvalue weighted by molar-refractivity contribution is 6.03. The molecule has 0 radical (unpaired) electrons. The lowest BCUT2D eigenvalue weighted by atomic mass is 10.2. The first-order valence-corrected chi connectivity index (χ1v) is 5.62. The number of aromatic nitrogens is 3. The number of carbonyl (C=O) groups excluding carboxylic acids is 1. The molecule has 6 nitrogen and oxygen atoms in total. The van der Waals surface area contributed by atoms with E-state index in [9.17, 15) is 9.59 Å². The summed E-state index contributed by atoms with van der Waals surface area (Å²) in [5, 5.41) is 9.38. The van der Waals surface area contributed by atoms with Gasteiger partial charge in [-0.05, 0) is 12.5 Å². The van der Waals surface area contributed by atoms with Gasteiger partial charge in [0.2, 0.25) is 0 Å². The van der Waals surface area contributed by atoms with Crippen LogP contribution < -0.4 is 10.9 Å². The molecular formula is C12H14N4O2. The van der Waals surface area contributed by atoms with Crippen LogP contribution in [-0.4, -0.2) is 20.7 Å². The minimum Gasteiger partial charge on any atom is -0.319 e. The molecule has 18 heavy (non-hydrogen) atoms. The van der Waals surface area contributed by atoms with E-state index in [2.05, 4.69) is 15.5 Å². The Morgan fingerprint density at radius 3 is 2.89 bits per heavy atom. The zero-order valence-corrected chi connectivity index (χ0v) is 10.2. The molecule has 6 heteroatoms. The van der Waals surface area contributed by atoms with E-state index in [-0.39, 0.29) is 11.5 Å². The van der Waals surface area contributed by atoms with Crippen LogP contribution in [0.15, 0.2) is 29.2 Å². The summed E-state index contributed by atoms with van der Waals surface area (Å²) in [5.41, 5.74) is 1.03. The lowest BCUT2D eigenvalue weighted by Crippen LogP contribution is -2.20. The molecule has 2 N–H and O–H groups in total. The minimum absolute atomic E-state index is 0.223. The van der Waals surface area contributed by atoms with E-state index < -0.39 is 0 Å². The van der Waals surface area contributed by atoms with Crippen molar-refractivity contribution in [2.45, 2.75) is 13.3 Å². The average molecular weight is 246 g/mol. The van der Waals surface area contributed by atoms with Crippen LogP contribution in [0, 0.1) is 0 Å².